The molecule has 0 spiro atoms. The molecular weight excluding hydrogens is 376 g/mol. The fourth-order valence-electron chi connectivity index (χ4n) is 4.18. The van der Waals surface area contributed by atoms with E-state index < -0.39 is 0 Å². The summed E-state index contributed by atoms with van der Waals surface area (Å²) in [5.74, 6) is 1.18. The molecule has 3 aromatic rings. The molecule has 2 aliphatic rings. The molecule has 0 atom stereocenters. The van der Waals surface area contributed by atoms with Crippen LogP contribution in [0.25, 0.3) is 10.9 Å². The molecule has 30 heavy (non-hydrogen) atoms. The number of pyridine rings is 2. The van der Waals surface area contributed by atoms with Crippen LogP contribution in [0, 0.1) is 0 Å². The Morgan fingerprint density at radius 3 is 2.77 bits per heavy atom. The molecular formula is C24H26N4O2. The molecule has 6 heteroatoms. The zero-order valence-corrected chi connectivity index (χ0v) is 17.2. The number of rotatable bonds is 6. The highest BCUT2D eigenvalue weighted by Gasteiger charge is 2.25. The SMILES string of the molecule is CCCN(Cc1ccc(C2CC2)nc1)C(=O)c1ccc2nc(N)c3c(c2c1)COC3. The Labute approximate surface area is 176 Å². The first-order valence-electron chi connectivity index (χ1n) is 10.7. The van der Waals surface area contributed by atoms with Crippen LogP contribution in [0.3, 0.4) is 0 Å². The van der Waals surface area contributed by atoms with Crippen molar-refractivity contribution < 1.29 is 9.53 Å². The lowest BCUT2D eigenvalue weighted by atomic mass is 10.0. The van der Waals surface area contributed by atoms with Gasteiger partial charge in [-0.05, 0) is 54.7 Å². The molecule has 1 aliphatic carbocycles. The lowest BCUT2D eigenvalue weighted by Crippen LogP contribution is -2.31. The fourth-order valence-corrected chi connectivity index (χ4v) is 4.18. The molecule has 1 aliphatic heterocycles. The summed E-state index contributed by atoms with van der Waals surface area (Å²) in [6.45, 7) is 4.33. The number of nitrogen functional groups attached to an aromatic ring is 1. The first kappa shape index (κ1) is 19.0. The minimum atomic E-state index is 0.0227. The van der Waals surface area contributed by atoms with Crippen molar-refractivity contribution in [2.24, 2.45) is 0 Å². The molecule has 0 radical (unpaired) electrons. The van der Waals surface area contributed by atoms with Crippen molar-refractivity contribution in [3.8, 4) is 0 Å². The predicted octanol–water partition coefficient (Wildman–Crippen LogP) is 4.17. The van der Waals surface area contributed by atoms with Gasteiger partial charge in [0.05, 0.1) is 18.7 Å². The summed E-state index contributed by atoms with van der Waals surface area (Å²) in [5.41, 5.74) is 11.8. The zero-order chi connectivity index (χ0) is 20.7. The van der Waals surface area contributed by atoms with Crippen LogP contribution in [0.4, 0.5) is 5.82 Å². The lowest BCUT2D eigenvalue weighted by molar-refractivity contribution is 0.0743. The van der Waals surface area contributed by atoms with Crippen molar-refractivity contribution in [3.63, 3.8) is 0 Å². The van der Waals surface area contributed by atoms with Gasteiger partial charge >= 0.3 is 0 Å². The van der Waals surface area contributed by atoms with Crippen LogP contribution in [0.5, 0.6) is 0 Å². The van der Waals surface area contributed by atoms with E-state index in [0.717, 1.165) is 34.0 Å². The molecule has 0 bridgehead atoms. The summed E-state index contributed by atoms with van der Waals surface area (Å²) in [6, 6.07) is 9.88. The van der Waals surface area contributed by atoms with Crippen LogP contribution < -0.4 is 5.73 Å². The van der Waals surface area contributed by atoms with Crippen molar-refractivity contribution in [2.75, 3.05) is 12.3 Å². The molecule has 154 valence electrons. The second-order valence-corrected chi connectivity index (χ2v) is 8.27. The van der Waals surface area contributed by atoms with E-state index >= 15 is 0 Å². The Hall–Kier alpha value is -2.99. The topological polar surface area (TPSA) is 81.3 Å². The maximum Gasteiger partial charge on any atom is 0.254 e. The normalized spacial score (nSPS) is 15.4. The van der Waals surface area contributed by atoms with E-state index in [9.17, 15) is 4.79 Å². The van der Waals surface area contributed by atoms with Gasteiger partial charge in [0.2, 0.25) is 0 Å². The number of carbonyl (C=O) groups excluding carboxylic acids is 1. The van der Waals surface area contributed by atoms with Crippen LogP contribution in [-0.2, 0) is 24.5 Å². The van der Waals surface area contributed by atoms with E-state index in [0.29, 0.717) is 43.6 Å². The van der Waals surface area contributed by atoms with Crippen molar-refractivity contribution >= 4 is 22.6 Å². The molecule has 1 aromatic carbocycles. The van der Waals surface area contributed by atoms with Crippen LogP contribution in [0.2, 0.25) is 0 Å². The summed E-state index contributed by atoms with van der Waals surface area (Å²) in [6.07, 6.45) is 5.29. The Kier molecular flexibility index (Phi) is 4.87. The zero-order valence-electron chi connectivity index (χ0n) is 17.2. The van der Waals surface area contributed by atoms with Gasteiger partial charge in [-0.2, -0.15) is 0 Å². The smallest absolute Gasteiger partial charge is 0.254 e. The molecule has 6 nitrogen and oxygen atoms in total. The largest absolute Gasteiger partial charge is 0.383 e. The van der Waals surface area contributed by atoms with Gasteiger partial charge < -0.3 is 15.4 Å². The van der Waals surface area contributed by atoms with E-state index in [1.165, 1.54) is 18.5 Å². The van der Waals surface area contributed by atoms with E-state index in [-0.39, 0.29) is 5.91 Å². The van der Waals surface area contributed by atoms with Crippen LogP contribution in [-0.4, -0.2) is 27.3 Å². The molecule has 0 saturated heterocycles. The quantitative estimate of drug-likeness (QED) is 0.669. The molecule has 1 amide bonds. The van der Waals surface area contributed by atoms with Crippen LogP contribution in [0.15, 0.2) is 36.5 Å². The average molecular weight is 402 g/mol. The van der Waals surface area contributed by atoms with Gasteiger partial charge in [0.25, 0.3) is 5.91 Å². The first-order chi connectivity index (χ1) is 14.6. The Morgan fingerprint density at radius 2 is 2.03 bits per heavy atom. The van der Waals surface area contributed by atoms with Gasteiger partial charge in [0, 0.05) is 47.4 Å². The van der Waals surface area contributed by atoms with Gasteiger partial charge in [0.1, 0.15) is 5.82 Å². The maximum atomic E-state index is 13.4. The number of carbonyl (C=O) groups is 1. The Balaban J connectivity index is 1.43. The molecule has 5 rings (SSSR count). The summed E-state index contributed by atoms with van der Waals surface area (Å²) in [5, 5.41) is 0.953. The van der Waals surface area contributed by atoms with Gasteiger partial charge in [-0.25, -0.2) is 4.98 Å². The monoisotopic (exact) mass is 402 g/mol. The number of nitrogens with two attached hydrogens (primary N) is 1. The van der Waals surface area contributed by atoms with Crippen molar-refractivity contribution in [1.29, 1.82) is 0 Å². The first-order valence-corrected chi connectivity index (χ1v) is 10.7. The van der Waals surface area contributed by atoms with Gasteiger partial charge in [0.15, 0.2) is 0 Å². The molecule has 1 fully saturated rings. The van der Waals surface area contributed by atoms with Crippen molar-refractivity contribution in [1.82, 2.24) is 14.9 Å². The summed E-state index contributed by atoms with van der Waals surface area (Å²) in [7, 11) is 0. The van der Waals surface area contributed by atoms with Crippen molar-refractivity contribution in [2.45, 2.75) is 51.9 Å². The third-order valence-electron chi connectivity index (χ3n) is 5.97. The molecule has 2 aromatic heterocycles. The molecule has 3 heterocycles. The van der Waals surface area contributed by atoms with Gasteiger partial charge in [-0.3, -0.25) is 9.78 Å². The van der Waals surface area contributed by atoms with Gasteiger partial charge in [-0.15, -0.1) is 0 Å². The second kappa shape index (κ2) is 7.69. The minimum absolute atomic E-state index is 0.0227. The predicted molar refractivity (Wildman–Crippen MR) is 116 cm³/mol. The van der Waals surface area contributed by atoms with E-state index in [1.54, 1.807) is 0 Å². The van der Waals surface area contributed by atoms with Gasteiger partial charge in [-0.1, -0.05) is 13.0 Å². The number of fused-ring (bicyclic) bond motifs is 3. The number of amides is 1. The Morgan fingerprint density at radius 1 is 1.20 bits per heavy atom. The molecule has 2 N–H and O–H groups in total. The highest BCUT2D eigenvalue weighted by Crippen LogP contribution is 2.38. The molecule has 1 saturated carbocycles. The van der Waals surface area contributed by atoms with E-state index in [4.69, 9.17) is 10.5 Å². The summed E-state index contributed by atoms with van der Waals surface area (Å²) >= 11 is 0. The average Bonchev–Trinajstić information content (AvgIpc) is 3.49. The number of nitrogens with zero attached hydrogens (tertiary/aromatic N) is 3. The number of hydrogen-bond donors (Lipinski definition) is 1. The fraction of sp³-hybridized carbons (Fsp3) is 0.375. The minimum Gasteiger partial charge on any atom is -0.383 e. The van der Waals surface area contributed by atoms with Crippen LogP contribution in [0.1, 0.15) is 64.8 Å². The highest BCUT2D eigenvalue weighted by atomic mass is 16.5. The lowest BCUT2D eigenvalue weighted by Gasteiger charge is -2.22. The number of ether oxygens (including phenoxy) is 1. The van der Waals surface area contributed by atoms with Crippen LogP contribution >= 0.6 is 0 Å². The summed E-state index contributed by atoms with van der Waals surface area (Å²) < 4.78 is 5.58. The maximum absolute atomic E-state index is 13.4. The van der Waals surface area contributed by atoms with Crippen molar-refractivity contribution in [3.05, 3.63) is 64.5 Å². The third kappa shape index (κ3) is 3.52. The summed E-state index contributed by atoms with van der Waals surface area (Å²) in [4.78, 5) is 24.4. The number of hydrogen-bond acceptors (Lipinski definition) is 5. The Bertz CT molecular complexity index is 1110. The molecule has 0 unspecified atom stereocenters. The number of aromatic nitrogens is 2. The van der Waals surface area contributed by atoms with E-state index in [1.807, 2.05) is 29.3 Å². The highest BCUT2D eigenvalue weighted by molar-refractivity contribution is 5.99. The number of anilines is 1. The standard InChI is InChI=1S/C24H26N4O2/c1-2-9-28(12-15-3-7-21(26-11-15)16-4-5-16)24(29)17-6-8-22-18(10-17)19-13-30-14-20(19)23(25)27-22/h3,6-8,10-11,16H,2,4-5,9,12-14H2,1H3,(H2,25,27). The van der Waals surface area contributed by atoms with E-state index in [2.05, 4.69) is 29.0 Å². The number of benzene rings is 1. The second-order valence-electron chi connectivity index (χ2n) is 8.27. The third-order valence-corrected chi connectivity index (χ3v) is 5.97.